The summed E-state index contributed by atoms with van der Waals surface area (Å²) in [6.07, 6.45) is 1.43. The molecule has 0 aromatic carbocycles. The van der Waals surface area contributed by atoms with Crippen molar-refractivity contribution in [1.82, 2.24) is 0 Å². The lowest BCUT2D eigenvalue weighted by molar-refractivity contribution is 0.628. The molecule has 0 radical (unpaired) electrons. The minimum Gasteiger partial charge on any atom is -0.326 e. The Kier molecular flexibility index (Phi) is 3.12. The van der Waals surface area contributed by atoms with Crippen molar-refractivity contribution in [3.63, 3.8) is 0 Å². The van der Waals surface area contributed by atoms with E-state index >= 15 is 0 Å². The van der Waals surface area contributed by atoms with Gasteiger partial charge in [-0.3, -0.25) is 0 Å². The topological polar surface area (TPSA) is 26.0 Å². The number of halogens is 1. The van der Waals surface area contributed by atoms with E-state index in [1.54, 1.807) is 0 Å². The normalized spacial score (nSPS) is 12.9. The Balaban J connectivity index is 4.07. The first-order valence-corrected chi connectivity index (χ1v) is 2.40. The van der Waals surface area contributed by atoms with Crippen LogP contribution in [0.5, 0.6) is 0 Å². The molecule has 0 saturated heterocycles. The molecule has 2 heteroatoms. The molecule has 0 heterocycles. The molecule has 0 saturated carbocycles. The summed E-state index contributed by atoms with van der Waals surface area (Å²) in [5.41, 5.74) is 5.59. The van der Waals surface area contributed by atoms with Gasteiger partial charge in [0.2, 0.25) is 0 Å². The predicted octanol–water partition coefficient (Wildman–Crippen LogP) is 1.37. The van der Waals surface area contributed by atoms with Crippen molar-refractivity contribution in [1.29, 1.82) is 0 Å². The average molecular weight is 115 g/mol. The first kappa shape index (κ1) is 7.37. The van der Waals surface area contributed by atoms with E-state index in [2.05, 4.69) is 6.58 Å². The van der Waals surface area contributed by atoms with Crippen LogP contribution in [0.1, 0.15) is 6.92 Å². The third kappa shape index (κ3) is 1.89. The zero-order chi connectivity index (χ0) is 6.57. The van der Waals surface area contributed by atoms with Crippen molar-refractivity contribution >= 4 is 0 Å². The van der Waals surface area contributed by atoms with E-state index in [0.717, 1.165) is 0 Å². The summed E-state index contributed by atoms with van der Waals surface area (Å²) in [7, 11) is 0. The smallest absolute Gasteiger partial charge is 0.101 e. The Hall–Kier alpha value is -0.630. The number of hydrogen-bond acceptors (Lipinski definition) is 1. The van der Waals surface area contributed by atoms with Crippen LogP contribution in [0.15, 0.2) is 24.1 Å². The molecule has 0 rings (SSSR count). The van der Waals surface area contributed by atoms with Gasteiger partial charge in [0, 0.05) is 6.54 Å². The maximum absolute atomic E-state index is 12.1. The first-order chi connectivity index (χ1) is 3.72. The highest BCUT2D eigenvalue weighted by molar-refractivity contribution is 5.19. The highest BCUT2D eigenvalue weighted by Crippen LogP contribution is 2.02. The summed E-state index contributed by atoms with van der Waals surface area (Å²) >= 11 is 0. The van der Waals surface area contributed by atoms with Gasteiger partial charge in [0.05, 0.1) is 0 Å². The van der Waals surface area contributed by atoms with Crippen LogP contribution in [0, 0.1) is 0 Å². The summed E-state index contributed by atoms with van der Waals surface area (Å²) in [5, 5.41) is 0. The first-order valence-electron chi connectivity index (χ1n) is 2.40. The van der Waals surface area contributed by atoms with Gasteiger partial charge in [-0.15, -0.1) is 0 Å². The van der Waals surface area contributed by atoms with Crippen molar-refractivity contribution in [2.24, 2.45) is 5.73 Å². The maximum atomic E-state index is 12.1. The van der Waals surface area contributed by atoms with E-state index in [1.807, 2.05) is 0 Å². The number of rotatable bonds is 2. The van der Waals surface area contributed by atoms with Crippen molar-refractivity contribution < 1.29 is 4.39 Å². The Bertz CT molecular complexity index is 112. The number of allylic oxidation sites excluding steroid dienone is 1. The van der Waals surface area contributed by atoms with Crippen LogP contribution in [0.2, 0.25) is 0 Å². The van der Waals surface area contributed by atoms with Crippen LogP contribution in [-0.2, 0) is 0 Å². The second-order valence-electron chi connectivity index (χ2n) is 1.47. The third-order valence-corrected chi connectivity index (χ3v) is 0.909. The molecule has 0 spiro atoms. The fourth-order valence-electron chi connectivity index (χ4n) is 0.365. The zero-order valence-corrected chi connectivity index (χ0v) is 4.95. The lowest BCUT2D eigenvalue weighted by atomic mass is 10.2. The van der Waals surface area contributed by atoms with Gasteiger partial charge in [-0.25, -0.2) is 4.39 Å². The quantitative estimate of drug-likeness (QED) is 0.540. The SMILES string of the molecule is C=C/C(CN)=C(\C)F. The molecule has 0 fully saturated rings. The Morgan fingerprint density at radius 1 is 1.88 bits per heavy atom. The van der Waals surface area contributed by atoms with E-state index in [-0.39, 0.29) is 12.4 Å². The lowest BCUT2D eigenvalue weighted by Crippen LogP contribution is -2.01. The molecule has 0 aliphatic rings. The monoisotopic (exact) mass is 115 g/mol. The summed E-state index contributed by atoms with van der Waals surface area (Å²) in [6, 6.07) is 0. The third-order valence-electron chi connectivity index (χ3n) is 0.909. The van der Waals surface area contributed by atoms with Crippen LogP contribution < -0.4 is 5.73 Å². The van der Waals surface area contributed by atoms with Gasteiger partial charge in [0.15, 0.2) is 0 Å². The Morgan fingerprint density at radius 3 is 2.38 bits per heavy atom. The molecule has 0 atom stereocenters. The van der Waals surface area contributed by atoms with Crippen LogP contribution in [0.4, 0.5) is 4.39 Å². The van der Waals surface area contributed by atoms with Gasteiger partial charge >= 0.3 is 0 Å². The van der Waals surface area contributed by atoms with Gasteiger partial charge in [-0.1, -0.05) is 12.7 Å². The standard InChI is InChI=1S/C6H10FN/c1-3-6(4-8)5(2)7/h3H,1,4,8H2,2H3/b6-5-. The molecule has 0 aromatic heterocycles. The van der Waals surface area contributed by atoms with Gasteiger partial charge in [0.25, 0.3) is 0 Å². The molecule has 0 aliphatic heterocycles. The van der Waals surface area contributed by atoms with Crippen molar-refractivity contribution in [2.45, 2.75) is 6.92 Å². The molecular weight excluding hydrogens is 105 g/mol. The van der Waals surface area contributed by atoms with E-state index < -0.39 is 0 Å². The van der Waals surface area contributed by atoms with Crippen molar-refractivity contribution in [3.8, 4) is 0 Å². The van der Waals surface area contributed by atoms with Crippen LogP contribution >= 0.6 is 0 Å². The molecule has 46 valence electrons. The zero-order valence-electron chi connectivity index (χ0n) is 4.95. The van der Waals surface area contributed by atoms with Gasteiger partial charge < -0.3 is 5.73 Å². The Labute approximate surface area is 48.7 Å². The van der Waals surface area contributed by atoms with Crippen molar-refractivity contribution in [2.75, 3.05) is 6.54 Å². The molecule has 0 aromatic rings. The number of hydrogen-bond donors (Lipinski definition) is 1. The highest BCUT2D eigenvalue weighted by Gasteiger charge is 1.90. The highest BCUT2D eigenvalue weighted by atomic mass is 19.1. The number of nitrogens with two attached hydrogens (primary N) is 1. The maximum Gasteiger partial charge on any atom is 0.101 e. The second-order valence-corrected chi connectivity index (χ2v) is 1.47. The summed E-state index contributed by atoms with van der Waals surface area (Å²) < 4.78 is 12.1. The predicted molar refractivity (Wildman–Crippen MR) is 33.1 cm³/mol. The van der Waals surface area contributed by atoms with E-state index in [0.29, 0.717) is 5.57 Å². The summed E-state index contributed by atoms with van der Waals surface area (Å²) in [5.74, 6) is -0.248. The van der Waals surface area contributed by atoms with Crippen LogP contribution in [-0.4, -0.2) is 6.54 Å². The largest absolute Gasteiger partial charge is 0.326 e. The fraction of sp³-hybridized carbons (Fsp3) is 0.333. The minimum absolute atomic E-state index is 0.228. The lowest BCUT2D eigenvalue weighted by Gasteiger charge is -1.93. The molecule has 2 N–H and O–H groups in total. The van der Waals surface area contributed by atoms with Gasteiger partial charge in [-0.05, 0) is 12.5 Å². The second kappa shape index (κ2) is 3.38. The summed E-state index contributed by atoms with van der Waals surface area (Å²) in [4.78, 5) is 0. The molecule has 0 aliphatic carbocycles. The van der Waals surface area contributed by atoms with Crippen LogP contribution in [0.25, 0.3) is 0 Å². The van der Waals surface area contributed by atoms with Gasteiger partial charge in [0.1, 0.15) is 5.83 Å². The van der Waals surface area contributed by atoms with Gasteiger partial charge in [-0.2, -0.15) is 0 Å². The summed E-state index contributed by atoms with van der Waals surface area (Å²) in [6.45, 7) is 4.97. The average Bonchev–Trinajstić information content (AvgIpc) is 1.69. The molecule has 0 bridgehead atoms. The Morgan fingerprint density at radius 2 is 2.38 bits per heavy atom. The fourth-order valence-corrected chi connectivity index (χ4v) is 0.365. The minimum atomic E-state index is -0.248. The van der Waals surface area contributed by atoms with Crippen LogP contribution in [0.3, 0.4) is 0 Å². The van der Waals surface area contributed by atoms with E-state index in [4.69, 9.17) is 5.73 Å². The van der Waals surface area contributed by atoms with E-state index in [1.165, 1.54) is 13.0 Å². The molecule has 0 unspecified atom stereocenters. The molecule has 0 amide bonds. The molecule has 1 nitrogen and oxygen atoms in total. The molecular formula is C6H10FN. The molecule has 8 heavy (non-hydrogen) atoms. The van der Waals surface area contributed by atoms with Crippen molar-refractivity contribution in [3.05, 3.63) is 24.1 Å². The van der Waals surface area contributed by atoms with E-state index in [9.17, 15) is 4.39 Å².